The zero-order valence-electron chi connectivity index (χ0n) is 18.8. The quantitative estimate of drug-likeness (QED) is 0.327. The molecule has 0 radical (unpaired) electrons. The number of ketones is 1. The predicted molar refractivity (Wildman–Crippen MR) is 120 cm³/mol. The van der Waals surface area contributed by atoms with Crippen molar-refractivity contribution in [2.24, 2.45) is 0 Å². The standard InChI is InChI=1S/C23H24N2O8S/c1-4-31-23(28)21-14(2)20(15(3)25-21)19(26)13-33-22(27)16-7-5-9-18(11-16)34(29,30)24-12-17-8-6-10-32-17/h5-11,24-25H,4,12-13H2,1-3H3. The number of H-pyrrole nitrogens is 1. The van der Waals surface area contributed by atoms with Gasteiger partial charge in [-0.05, 0) is 56.7 Å². The Bertz CT molecular complexity index is 1310. The maximum atomic E-state index is 12.7. The Balaban J connectivity index is 1.68. The molecule has 2 heterocycles. The molecular formula is C23H24N2O8S. The fraction of sp³-hybridized carbons (Fsp3) is 0.261. The van der Waals surface area contributed by atoms with Gasteiger partial charge in [-0.15, -0.1) is 0 Å². The third-order valence-corrected chi connectivity index (χ3v) is 6.33. The molecule has 0 bridgehead atoms. The number of benzene rings is 1. The Morgan fingerprint density at radius 3 is 2.50 bits per heavy atom. The maximum Gasteiger partial charge on any atom is 0.355 e. The van der Waals surface area contributed by atoms with E-state index in [-0.39, 0.29) is 34.9 Å². The van der Waals surface area contributed by atoms with E-state index < -0.39 is 34.4 Å². The van der Waals surface area contributed by atoms with E-state index in [0.29, 0.717) is 17.0 Å². The van der Waals surface area contributed by atoms with E-state index in [0.717, 1.165) is 6.07 Å². The number of aryl methyl sites for hydroxylation is 1. The summed E-state index contributed by atoms with van der Waals surface area (Å²) in [5, 5.41) is 0. The number of ether oxygens (including phenoxy) is 2. The van der Waals surface area contributed by atoms with E-state index in [1.807, 2.05) is 0 Å². The summed E-state index contributed by atoms with van der Waals surface area (Å²) in [7, 11) is -3.92. The molecule has 0 aliphatic carbocycles. The van der Waals surface area contributed by atoms with Gasteiger partial charge in [0.25, 0.3) is 0 Å². The second kappa shape index (κ2) is 10.5. The molecule has 0 saturated carbocycles. The molecule has 11 heteroatoms. The van der Waals surface area contributed by atoms with Gasteiger partial charge in [0, 0.05) is 11.3 Å². The number of aromatic amines is 1. The van der Waals surface area contributed by atoms with Gasteiger partial charge in [-0.25, -0.2) is 22.7 Å². The van der Waals surface area contributed by atoms with Gasteiger partial charge in [-0.1, -0.05) is 6.07 Å². The van der Waals surface area contributed by atoms with Crippen LogP contribution in [0.15, 0.2) is 52.0 Å². The minimum absolute atomic E-state index is 0.0385. The van der Waals surface area contributed by atoms with Gasteiger partial charge < -0.3 is 18.9 Å². The van der Waals surface area contributed by atoms with Crippen LogP contribution in [0.3, 0.4) is 0 Å². The lowest BCUT2D eigenvalue weighted by Crippen LogP contribution is -2.23. The third kappa shape index (κ3) is 5.61. The van der Waals surface area contributed by atoms with Crippen LogP contribution in [-0.4, -0.2) is 44.3 Å². The van der Waals surface area contributed by atoms with Crippen molar-refractivity contribution in [1.82, 2.24) is 9.71 Å². The summed E-state index contributed by atoms with van der Waals surface area (Å²) in [5.41, 5.74) is 1.19. The molecule has 3 aromatic rings. The predicted octanol–water partition coefficient (Wildman–Crippen LogP) is 2.92. The van der Waals surface area contributed by atoms with Crippen molar-refractivity contribution in [3.63, 3.8) is 0 Å². The zero-order valence-corrected chi connectivity index (χ0v) is 19.7. The molecular weight excluding hydrogens is 464 g/mol. The van der Waals surface area contributed by atoms with Gasteiger partial charge in [0.1, 0.15) is 11.5 Å². The van der Waals surface area contributed by atoms with E-state index in [1.54, 1.807) is 32.9 Å². The number of sulfonamides is 1. The summed E-state index contributed by atoms with van der Waals surface area (Å²) in [6, 6.07) is 8.52. The minimum atomic E-state index is -3.92. The highest BCUT2D eigenvalue weighted by Crippen LogP contribution is 2.20. The molecule has 0 aliphatic heterocycles. The van der Waals surface area contributed by atoms with Crippen LogP contribution in [0.2, 0.25) is 0 Å². The number of hydrogen-bond donors (Lipinski definition) is 2. The van der Waals surface area contributed by atoms with Crippen molar-refractivity contribution < 1.29 is 36.7 Å². The van der Waals surface area contributed by atoms with Crippen molar-refractivity contribution in [3.8, 4) is 0 Å². The molecule has 0 unspecified atom stereocenters. The fourth-order valence-electron chi connectivity index (χ4n) is 3.32. The minimum Gasteiger partial charge on any atom is -0.468 e. The van der Waals surface area contributed by atoms with Crippen LogP contribution in [0.1, 0.15) is 55.1 Å². The summed E-state index contributed by atoms with van der Waals surface area (Å²) < 4.78 is 42.6. The number of rotatable bonds is 10. The van der Waals surface area contributed by atoms with Crippen molar-refractivity contribution in [2.45, 2.75) is 32.2 Å². The highest BCUT2D eigenvalue weighted by Gasteiger charge is 2.24. The summed E-state index contributed by atoms with van der Waals surface area (Å²) in [6.07, 6.45) is 1.43. The van der Waals surface area contributed by atoms with E-state index in [1.165, 1.54) is 24.5 Å². The van der Waals surface area contributed by atoms with Crippen LogP contribution in [0.25, 0.3) is 0 Å². The van der Waals surface area contributed by atoms with Crippen molar-refractivity contribution in [1.29, 1.82) is 0 Å². The first-order valence-corrected chi connectivity index (χ1v) is 11.8. The summed E-state index contributed by atoms with van der Waals surface area (Å²) in [6.45, 7) is 4.42. The highest BCUT2D eigenvalue weighted by atomic mass is 32.2. The summed E-state index contributed by atoms with van der Waals surface area (Å²) >= 11 is 0. The molecule has 0 aliphatic rings. The lowest BCUT2D eigenvalue weighted by Gasteiger charge is -2.08. The molecule has 1 aromatic carbocycles. The topological polar surface area (TPSA) is 145 Å². The first-order chi connectivity index (χ1) is 16.1. The Hall–Kier alpha value is -3.70. The summed E-state index contributed by atoms with van der Waals surface area (Å²) in [4.78, 5) is 39.9. The van der Waals surface area contributed by atoms with E-state index in [9.17, 15) is 22.8 Å². The van der Waals surface area contributed by atoms with E-state index >= 15 is 0 Å². The van der Waals surface area contributed by atoms with Gasteiger partial charge in [0.2, 0.25) is 15.8 Å². The molecule has 34 heavy (non-hydrogen) atoms. The van der Waals surface area contributed by atoms with E-state index in [2.05, 4.69) is 9.71 Å². The monoisotopic (exact) mass is 488 g/mol. The van der Waals surface area contributed by atoms with Crippen LogP contribution < -0.4 is 4.72 Å². The number of esters is 2. The van der Waals surface area contributed by atoms with Gasteiger partial charge in [0.15, 0.2) is 6.61 Å². The lowest BCUT2D eigenvalue weighted by atomic mass is 10.1. The van der Waals surface area contributed by atoms with Crippen molar-refractivity contribution in [2.75, 3.05) is 13.2 Å². The van der Waals surface area contributed by atoms with E-state index in [4.69, 9.17) is 13.9 Å². The van der Waals surface area contributed by atoms with Crippen LogP contribution in [0, 0.1) is 13.8 Å². The normalized spacial score (nSPS) is 11.3. The fourth-order valence-corrected chi connectivity index (χ4v) is 4.35. The van der Waals surface area contributed by atoms with Crippen molar-refractivity contribution >= 4 is 27.7 Å². The molecule has 180 valence electrons. The number of carbonyl (C=O) groups excluding carboxylic acids is 3. The zero-order chi connectivity index (χ0) is 24.9. The average molecular weight is 489 g/mol. The molecule has 0 fully saturated rings. The molecule has 0 atom stereocenters. The third-order valence-electron chi connectivity index (χ3n) is 4.93. The molecule has 2 aromatic heterocycles. The first-order valence-electron chi connectivity index (χ1n) is 10.3. The van der Waals surface area contributed by atoms with Crippen LogP contribution in [0.4, 0.5) is 0 Å². The van der Waals surface area contributed by atoms with Gasteiger partial charge >= 0.3 is 11.9 Å². The molecule has 2 N–H and O–H groups in total. The Morgan fingerprint density at radius 1 is 1.06 bits per heavy atom. The number of carbonyl (C=O) groups is 3. The van der Waals surface area contributed by atoms with Crippen LogP contribution in [0.5, 0.6) is 0 Å². The number of furan rings is 1. The summed E-state index contributed by atoms with van der Waals surface area (Å²) in [5.74, 6) is -1.54. The van der Waals surface area contributed by atoms with Gasteiger partial charge in [-0.3, -0.25) is 4.79 Å². The average Bonchev–Trinajstić information content (AvgIpc) is 3.43. The Morgan fingerprint density at radius 2 is 1.82 bits per heavy atom. The molecule has 0 saturated heterocycles. The van der Waals surface area contributed by atoms with Crippen LogP contribution >= 0.6 is 0 Å². The Labute approximate surface area is 196 Å². The second-order valence-electron chi connectivity index (χ2n) is 7.28. The Kier molecular flexibility index (Phi) is 7.69. The number of Topliss-reactive ketones (excluding diaryl/α,β-unsaturated/α-hetero) is 1. The number of nitrogens with one attached hydrogen (secondary N) is 2. The number of aromatic nitrogens is 1. The molecule has 0 amide bonds. The highest BCUT2D eigenvalue weighted by molar-refractivity contribution is 7.89. The van der Waals surface area contributed by atoms with Crippen LogP contribution in [-0.2, 0) is 26.0 Å². The largest absolute Gasteiger partial charge is 0.468 e. The van der Waals surface area contributed by atoms with Gasteiger partial charge in [-0.2, -0.15) is 0 Å². The first kappa shape index (κ1) is 24.9. The maximum absolute atomic E-state index is 12.7. The van der Waals surface area contributed by atoms with Gasteiger partial charge in [0.05, 0.1) is 29.9 Å². The molecule has 3 rings (SSSR count). The molecule has 10 nitrogen and oxygen atoms in total. The second-order valence-corrected chi connectivity index (χ2v) is 9.04. The smallest absolute Gasteiger partial charge is 0.355 e. The lowest BCUT2D eigenvalue weighted by molar-refractivity contribution is 0.0472. The number of hydrogen-bond acceptors (Lipinski definition) is 8. The SMILES string of the molecule is CCOC(=O)c1[nH]c(C)c(C(=O)COC(=O)c2cccc(S(=O)(=O)NCc3ccco3)c2)c1C. The van der Waals surface area contributed by atoms with Crippen molar-refractivity contribution in [3.05, 3.63) is 76.5 Å². The molecule has 0 spiro atoms.